The van der Waals surface area contributed by atoms with Crippen molar-refractivity contribution in [2.75, 3.05) is 6.61 Å². The zero-order valence-electron chi connectivity index (χ0n) is 17.4. The second-order valence-electron chi connectivity index (χ2n) is 7.51. The Kier molecular flexibility index (Phi) is 6.36. The molecule has 2 heterocycles. The molecule has 0 radical (unpaired) electrons. The van der Waals surface area contributed by atoms with Gasteiger partial charge in [-0.25, -0.2) is 9.79 Å². The van der Waals surface area contributed by atoms with Crippen molar-refractivity contribution in [2.45, 2.75) is 51.5 Å². The van der Waals surface area contributed by atoms with Gasteiger partial charge in [-0.1, -0.05) is 38.1 Å². The van der Waals surface area contributed by atoms with Gasteiger partial charge in [0.05, 0.1) is 0 Å². The number of aliphatic imine (C=N–C) groups is 1. The third kappa shape index (κ3) is 4.28. The molecular formula is C22H25NO7. The van der Waals surface area contributed by atoms with Crippen LogP contribution in [0, 0.1) is 5.92 Å². The molecule has 0 aromatic heterocycles. The Labute approximate surface area is 174 Å². The third-order valence-corrected chi connectivity index (χ3v) is 5.05. The zero-order valence-corrected chi connectivity index (χ0v) is 17.4. The van der Waals surface area contributed by atoms with Crippen molar-refractivity contribution in [1.82, 2.24) is 0 Å². The van der Waals surface area contributed by atoms with Crippen LogP contribution in [0.2, 0.25) is 0 Å². The molecule has 0 fully saturated rings. The van der Waals surface area contributed by atoms with Gasteiger partial charge < -0.3 is 18.9 Å². The Morgan fingerprint density at radius 1 is 1.13 bits per heavy atom. The average Bonchev–Trinajstić information content (AvgIpc) is 3.06. The number of carbonyl (C=O) groups is 3. The van der Waals surface area contributed by atoms with E-state index < -0.39 is 41.8 Å². The van der Waals surface area contributed by atoms with Crippen LogP contribution in [-0.4, -0.2) is 54.3 Å². The molecule has 160 valence electrons. The smallest absolute Gasteiger partial charge is 0.344 e. The summed E-state index contributed by atoms with van der Waals surface area (Å²) >= 11 is 0. The number of nitrogens with zero attached hydrogens (tertiary/aromatic N) is 1. The number of ether oxygens (including phenoxy) is 4. The molecule has 3 rings (SSSR count). The van der Waals surface area contributed by atoms with Crippen LogP contribution in [0.5, 0.6) is 0 Å². The number of cyclic esters (lactones) is 1. The summed E-state index contributed by atoms with van der Waals surface area (Å²) in [6.07, 6.45) is 0.955. The standard InChI is InChI=1S/C22H25NO7/c1-13(2)22(21(26)30-20(23-22)16-8-6-5-7-9-16)19-11-10-17(28-15(4)25)18(29-19)12-27-14(3)24/h5-11,13,17-19H,12H2,1-4H3/t17-,18+,19-,22+/m0/s1. The molecule has 1 aromatic carbocycles. The molecule has 8 nitrogen and oxygen atoms in total. The van der Waals surface area contributed by atoms with Gasteiger partial charge in [0.15, 0.2) is 5.54 Å². The van der Waals surface area contributed by atoms with E-state index in [9.17, 15) is 14.4 Å². The van der Waals surface area contributed by atoms with E-state index in [1.807, 2.05) is 32.0 Å². The van der Waals surface area contributed by atoms with E-state index in [0.717, 1.165) is 0 Å². The molecule has 1 aromatic rings. The molecule has 0 saturated heterocycles. The van der Waals surface area contributed by atoms with Crippen molar-refractivity contribution < 1.29 is 33.3 Å². The van der Waals surface area contributed by atoms with Gasteiger partial charge in [-0.2, -0.15) is 0 Å². The van der Waals surface area contributed by atoms with Gasteiger partial charge in [0.25, 0.3) is 0 Å². The molecule has 8 heteroatoms. The molecule has 4 atom stereocenters. The maximum absolute atomic E-state index is 13.0. The lowest BCUT2D eigenvalue weighted by Gasteiger charge is -2.39. The first kappa shape index (κ1) is 21.7. The monoisotopic (exact) mass is 415 g/mol. The number of hydrogen-bond acceptors (Lipinski definition) is 8. The Hall–Kier alpha value is -3.00. The predicted octanol–water partition coefficient (Wildman–Crippen LogP) is 2.20. The van der Waals surface area contributed by atoms with Crippen molar-refractivity contribution >= 4 is 23.8 Å². The maximum Gasteiger partial charge on any atom is 0.344 e. The van der Waals surface area contributed by atoms with Crippen LogP contribution in [0.3, 0.4) is 0 Å². The highest BCUT2D eigenvalue weighted by Gasteiger charge is 2.56. The highest BCUT2D eigenvalue weighted by Crippen LogP contribution is 2.38. The normalized spacial score (nSPS) is 28.1. The first-order valence-corrected chi connectivity index (χ1v) is 9.76. The first-order valence-electron chi connectivity index (χ1n) is 9.76. The maximum atomic E-state index is 13.0. The molecule has 0 saturated carbocycles. The van der Waals surface area contributed by atoms with E-state index in [0.29, 0.717) is 5.56 Å². The Bertz CT molecular complexity index is 877. The van der Waals surface area contributed by atoms with E-state index in [1.165, 1.54) is 13.8 Å². The van der Waals surface area contributed by atoms with Crippen LogP contribution in [0.1, 0.15) is 33.3 Å². The number of rotatable bonds is 6. The zero-order chi connectivity index (χ0) is 21.9. The SMILES string of the molecule is CC(=O)OC[C@H]1O[C@H]([C@@]2(C(C)C)N=C(c3ccccc3)OC2=O)C=C[C@@H]1OC(C)=O. The first-order chi connectivity index (χ1) is 14.2. The van der Waals surface area contributed by atoms with Gasteiger partial charge in [0, 0.05) is 19.4 Å². The number of hydrogen-bond donors (Lipinski definition) is 0. The summed E-state index contributed by atoms with van der Waals surface area (Å²) in [6, 6.07) is 9.13. The van der Waals surface area contributed by atoms with Crippen LogP contribution in [0.4, 0.5) is 0 Å². The number of benzene rings is 1. The molecule has 0 spiro atoms. The van der Waals surface area contributed by atoms with Gasteiger partial charge in [0.1, 0.15) is 24.9 Å². The van der Waals surface area contributed by atoms with Gasteiger partial charge >= 0.3 is 17.9 Å². The molecule has 0 bridgehead atoms. The van der Waals surface area contributed by atoms with Crippen molar-refractivity contribution in [3.05, 3.63) is 48.0 Å². The van der Waals surface area contributed by atoms with Crippen molar-refractivity contribution in [3.8, 4) is 0 Å². The topological polar surface area (TPSA) is 100 Å². The predicted molar refractivity (Wildman–Crippen MR) is 107 cm³/mol. The number of esters is 3. The highest BCUT2D eigenvalue weighted by molar-refractivity contribution is 6.08. The minimum atomic E-state index is -1.32. The van der Waals surface area contributed by atoms with Crippen LogP contribution in [-0.2, 0) is 33.3 Å². The van der Waals surface area contributed by atoms with Crippen LogP contribution < -0.4 is 0 Å². The fraction of sp³-hybridized carbons (Fsp3) is 0.455. The minimum absolute atomic E-state index is 0.132. The van der Waals surface area contributed by atoms with Crippen molar-refractivity contribution in [1.29, 1.82) is 0 Å². The lowest BCUT2D eigenvalue weighted by Crippen LogP contribution is -2.55. The molecule has 2 aliphatic heterocycles. The van der Waals surface area contributed by atoms with Crippen LogP contribution >= 0.6 is 0 Å². The van der Waals surface area contributed by atoms with Crippen LogP contribution in [0.15, 0.2) is 47.5 Å². The summed E-state index contributed by atoms with van der Waals surface area (Å²) < 4.78 is 22.0. The fourth-order valence-electron chi connectivity index (χ4n) is 3.52. The van der Waals surface area contributed by atoms with Gasteiger partial charge in [-0.3, -0.25) is 9.59 Å². The summed E-state index contributed by atoms with van der Waals surface area (Å²) in [5.41, 5.74) is -0.639. The second kappa shape index (κ2) is 8.79. The van der Waals surface area contributed by atoms with Crippen molar-refractivity contribution in [3.63, 3.8) is 0 Å². The quantitative estimate of drug-likeness (QED) is 0.399. The lowest BCUT2D eigenvalue weighted by atomic mass is 9.80. The summed E-state index contributed by atoms with van der Waals surface area (Å²) in [5.74, 6) is -1.55. The molecule has 0 unspecified atom stereocenters. The van der Waals surface area contributed by atoms with E-state index in [1.54, 1.807) is 24.3 Å². The molecule has 30 heavy (non-hydrogen) atoms. The van der Waals surface area contributed by atoms with Gasteiger partial charge in [-0.15, -0.1) is 0 Å². The van der Waals surface area contributed by atoms with E-state index in [-0.39, 0.29) is 18.4 Å². The molecular weight excluding hydrogens is 390 g/mol. The number of carbonyl (C=O) groups excluding carboxylic acids is 3. The molecule has 0 N–H and O–H groups in total. The summed E-state index contributed by atoms with van der Waals surface area (Å²) in [6.45, 7) is 6.14. The fourth-order valence-corrected chi connectivity index (χ4v) is 3.52. The van der Waals surface area contributed by atoms with Crippen molar-refractivity contribution in [2.24, 2.45) is 10.9 Å². The largest absolute Gasteiger partial charge is 0.463 e. The van der Waals surface area contributed by atoms with E-state index in [4.69, 9.17) is 18.9 Å². The molecule has 2 aliphatic rings. The Balaban J connectivity index is 1.95. The molecule has 0 amide bonds. The lowest BCUT2D eigenvalue weighted by molar-refractivity contribution is -0.172. The van der Waals surface area contributed by atoms with Gasteiger partial charge in [0.2, 0.25) is 5.90 Å². The van der Waals surface area contributed by atoms with Crippen LogP contribution in [0.25, 0.3) is 0 Å². The van der Waals surface area contributed by atoms with E-state index >= 15 is 0 Å². The molecule has 0 aliphatic carbocycles. The second-order valence-corrected chi connectivity index (χ2v) is 7.51. The Morgan fingerprint density at radius 2 is 1.83 bits per heavy atom. The Morgan fingerprint density at radius 3 is 2.43 bits per heavy atom. The third-order valence-electron chi connectivity index (χ3n) is 5.05. The van der Waals surface area contributed by atoms with E-state index in [2.05, 4.69) is 4.99 Å². The summed E-state index contributed by atoms with van der Waals surface area (Å²) in [4.78, 5) is 40.4. The summed E-state index contributed by atoms with van der Waals surface area (Å²) in [7, 11) is 0. The summed E-state index contributed by atoms with van der Waals surface area (Å²) in [5, 5.41) is 0. The minimum Gasteiger partial charge on any atom is -0.463 e. The van der Waals surface area contributed by atoms with Gasteiger partial charge in [-0.05, 0) is 24.1 Å². The highest BCUT2D eigenvalue weighted by atomic mass is 16.6. The average molecular weight is 415 g/mol.